The maximum atomic E-state index is 9.15. The number of rotatable bonds is 8. The van der Waals surface area contributed by atoms with Crippen LogP contribution in [0.5, 0.6) is 0 Å². The summed E-state index contributed by atoms with van der Waals surface area (Å²) in [5.74, 6) is 0.670. The van der Waals surface area contributed by atoms with Gasteiger partial charge in [0, 0.05) is 6.04 Å². The van der Waals surface area contributed by atoms with Gasteiger partial charge in [0.05, 0.1) is 25.4 Å². The van der Waals surface area contributed by atoms with Crippen molar-refractivity contribution in [3.63, 3.8) is 0 Å². The van der Waals surface area contributed by atoms with Crippen LogP contribution in [0.1, 0.15) is 40.0 Å². The Hall–Kier alpha value is -0.120. The van der Waals surface area contributed by atoms with Crippen LogP contribution in [-0.4, -0.2) is 36.5 Å². The van der Waals surface area contributed by atoms with Crippen molar-refractivity contribution in [3.8, 4) is 0 Å². The van der Waals surface area contributed by atoms with Gasteiger partial charge in [-0.25, -0.2) is 0 Å². The normalized spacial score (nSPS) is 20.6. The molecule has 2 unspecified atom stereocenters. The zero-order valence-electron chi connectivity index (χ0n) is 10.2. The summed E-state index contributed by atoms with van der Waals surface area (Å²) in [4.78, 5) is 0. The van der Waals surface area contributed by atoms with Gasteiger partial charge in [-0.2, -0.15) is 0 Å². The number of nitrogens with one attached hydrogen (secondary N) is 1. The summed E-state index contributed by atoms with van der Waals surface area (Å²) in [5.41, 5.74) is 0. The Balaban J connectivity index is 2.09. The molecular weight excluding hydrogens is 190 g/mol. The molecule has 2 atom stereocenters. The van der Waals surface area contributed by atoms with Gasteiger partial charge in [-0.3, -0.25) is 0 Å². The Morgan fingerprint density at radius 1 is 1.33 bits per heavy atom. The van der Waals surface area contributed by atoms with Gasteiger partial charge < -0.3 is 15.2 Å². The molecule has 0 aliphatic heterocycles. The molecule has 1 aliphatic carbocycles. The monoisotopic (exact) mass is 215 g/mol. The summed E-state index contributed by atoms with van der Waals surface area (Å²) in [5, 5.41) is 12.5. The van der Waals surface area contributed by atoms with Crippen LogP contribution in [-0.2, 0) is 4.74 Å². The van der Waals surface area contributed by atoms with E-state index in [9.17, 15) is 0 Å². The van der Waals surface area contributed by atoms with Crippen LogP contribution < -0.4 is 5.32 Å². The third-order valence-corrected chi connectivity index (χ3v) is 2.65. The van der Waals surface area contributed by atoms with Gasteiger partial charge in [0.25, 0.3) is 0 Å². The average Bonchev–Trinajstić information content (AvgIpc) is 2.94. The second-order valence-corrected chi connectivity index (χ2v) is 5.09. The van der Waals surface area contributed by atoms with Gasteiger partial charge in [0.15, 0.2) is 0 Å². The third kappa shape index (κ3) is 6.13. The fourth-order valence-corrected chi connectivity index (χ4v) is 1.75. The van der Waals surface area contributed by atoms with Crippen molar-refractivity contribution in [3.05, 3.63) is 0 Å². The van der Waals surface area contributed by atoms with Gasteiger partial charge in [-0.15, -0.1) is 0 Å². The van der Waals surface area contributed by atoms with Gasteiger partial charge in [0.2, 0.25) is 0 Å². The molecule has 1 aliphatic rings. The van der Waals surface area contributed by atoms with Crippen LogP contribution in [0.4, 0.5) is 0 Å². The molecular formula is C12H25NO2. The van der Waals surface area contributed by atoms with Crippen LogP contribution >= 0.6 is 0 Å². The second kappa shape index (κ2) is 6.46. The van der Waals surface area contributed by atoms with E-state index in [4.69, 9.17) is 9.84 Å². The smallest absolute Gasteiger partial charge is 0.0645 e. The predicted molar refractivity (Wildman–Crippen MR) is 61.9 cm³/mol. The van der Waals surface area contributed by atoms with E-state index >= 15 is 0 Å². The number of hydrogen-bond donors (Lipinski definition) is 2. The molecule has 0 amide bonds. The lowest BCUT2D eigenvalue weighted by molar-refractivity contribution is 0.0261. The summed E-state index contributed by atoms with van der Waals surface area (Å²) in [6, 6.07) is 0.748. The summed E-state index contributed by atoms with van der Waals surface area (Å²) >= 11 is 0. The number of ether oxygens (including phenoxy) is 1. The van der Waals surface area contributed by atoms with Crippen LogP contribution in [0.2, 0.25) is 0 Å². The van der Waals surface area contributed by atoms with E-state index in [0.29, 0.717) is 24.7 Å². The molecule has 0 aromatic rings. The summed E-state index contributed by atoms with van der Waals surface area (Å²) in [6.45, 7) is 7.30. The van der Waals surface area contributed by atoms with Crippen molar-refractivity contribution in [2.75, 3.05) is 13.2 Å². The van der Waals surface area contributed by atoms with E-state index in [-0.39, 0.29) is 12.6 Å². The maximum Gasteiger partial charge on any atom is 0.0645 e. The number of hydrogen-bond acceptors (Lipinski definition) is 3. The average molecular weight is 215 g/mol. The fourth-order valence-electron chi connectivity index (χ4n) is 1.75. The van der Waals surface area contributed by atoms with Gasteiger partial charge >= 0.3 is 0 Å². The van der Waals surface area contributed by atoms with E-state index in [1.165, 1.54) is 12.8 Å². The first-order chi connectivity index (χ1) is 7.11. The molecule has 0 aromatic heterocycles. The van der Waals surface area contributed by atoms with E-state index in [2.05, 4.69) is 26.1 Å². The van der Waals surface area contributed by atoms with Gasteiger partial charge in [-0.05, 0) is 32.1 Å². The molecule has 0 saturated heterocycles. The Kier molecular flexibility index (Phi) is 5.58. The zero-order valence-corrected chi connectivity index (χ0v) is 10.2. The van der Waals surface area contributed by atoms with Crippen molar-refractivity contribution in [1.82, 2.24) is 5.32 Å². The third-order valence-electron chi connectivity index (χ3n) is 2.65. The van der Waals surface area contributed by atoms with Crippen LogP contribution in [0.25, 0.3) is 0 Å². The highest BCUT2D eigenvalue weighted by Gasteiger charge is 2.24. The van der Waals surface area contributed by atoms with Crippen LogP contribution in [0, 0.1) is 5.92 Å². The summed E-state index contributed by atoms with van der Waals surface area (Å²) in [6.07, 6.45) is 3.87. The minimum Gasteiger partial charge on any atom is -0.395 e. The predicted octanol–water partition coefficient (Wildman–Crippen LogP) is 1.55. The Morgan fingerprint density at radius 2 is 2.00 bits per heavy atom. The molecule has 2 N–H and O–H groups in total. The highest BCUT2D eigenvalue weighted by atomic mass is 16.5. The minimum absolute atomic E-state index is 0.118. The van der Waals surface area contributed by atoms with Crippen LogP contribution in [0.3, 0.4) is 0 Å². The van der Waals surface area contributed by atoms with Crippen molar-refractivity contribution in [2.24, 2.45) is 5.92 Å². The lowest BCUT2D eigenvalue weighted by Crippen LogP contribution is -2.39. The Labute approximate surface area is 93.2 Å². The lowest BCUT2D eigenvalue weighted by atomic mass is 10.1. The molecule has 1 saturated carbocycles. The first-order valence-electron chi connectivity index (χ1n) is 6.10. The van der Waals surface area contributed by atoms with E-state index in [0.717, 1.165) is 6.42 Å². The molecule has 15 heavy (non-hydrogen) atoms. The lowest BCUT2D eigenvalue weighted by Gasteiger charge is -2.20. The molecule has 1 fully saturated rings. The van der Waals surface area contributed by atoms with E-state index in [1.54, 1.807) is 0 Å². The van der Waals surface area contributed by atoms with Crippen LogP contribution in [0.15, 0.2) is 0 Å². The Morgan fingerprint density at radius 3 is 2.47 bits per heavy atom. The largest absolute Gasteiger partial charge is 0.395 e. The van der Waals surface area contributed by atoms with E-state index < -0.39 is 0 Å². The molecule has 0 radical (unpaired) electrons. The molecule has 90 valence electrons. The molecule has 3 heteroatoms. The first-order valence-corrected chi connectivity index (χ1v) is 6.10. The molecule has 1 rings (SSSR count). The highest BCUT2D eigenvalue weighted by Crippen LogP contribution is 2.19. The topological polar surface area (TPSA) is 41.5 Å². The summed E-state index contributed by atoms with van der Waals surface area (Å²) < 4.78 is 5.71. The Bertz CT molecular complexity index is 169. The molecule has 0 bridgehead atoms. The zero-order chi connectivity index (χ0) is 11.3. The maximum absolute atomic E-state index is 9.15. The second-order valence-electron chi connectivity index (χ2n) is 5.09. The number of aliphatic hydroxyl groups excluding tert-OH is 1. The number of aliphatic hydroxyl groups is 1. The standard InChI is InChI=1S/C12H25NO2/c1-9(2)6-10(3)15-8-12(7-14)13-11-4-5-11/h9-14H,4-8H2,1-3H3. The molecule has 3 nitrogen and oxygen atoms in total. The van der Waals surface area contributed by atoms with Crippen molar-refractivity contribution in [2.45, 2.75) is 58.2 Å². The minimum atomic E-state index is 0.118. The molecule has 0 heterocycles. The first kappa shape index (κ1) is 12.9. The summed E-state index contributed by atoms with van der Waals surface area (Å²) in [7, 11) is 0. The van der Waals surface area contributed by atoms with Gasteiger partial charge in [-0.1, -0.05) is 13.8 Å². The van der Waals surface area contributed by atoms with Crippen molar-refractivity contribution >= 4 is 0 Å². The van der Waals surface area contributed by atoms with Gasteiger partial charge in [0.1, 0.15) is 0 Å². The molecule has 0 aromatic carbocycles. The molecule has 0 spiro atoms. The SMILES string of the molecule is CC(C)CC(C)OCC(CO)NC1CC1. The quantitative estimate of drug-likeness (QED) is 0.645. The van der Waals surface area contributed by atoms with Crippen molar-refractivity contribution < 1.29 is 9.84 Å². The van der Waals surface area contributed by atoms with E-state index in [1.807, 2.05) is 0 Å². The fraction of sp³-hybridized carbons (Fsp3) is 1.00. The van der Waals surface area contributed by atoms with Crippen molar-refractivity contribution in [1.29, 1.82) is 0 Å². The highest BCUT2D eigenvalue weighted by molar-refractivity contribution is 4.84.